The molecule has 1 aromatic heterocycles. The van der Waals surface area contributed by atoms with Crippen molar-refractivity contribution in [2.24, 2.45) is 0 Å². The first kappa shape index (κ1) is 17.5. The third-order valence-electron chi connectivity index (χ3n) is 4.09. The van der Waals surface area contributed by atoms with Gasteiger partial charge >= 0.3 is 0 Å². The van der Waals surface area contributed by atoms with Crippen molar-refractivity contribution in [1.29, 1.82) is 0 Å². The second-order valence-corrected chi connectivity index (χ2v) is 5.68. The van der Waals surface area contributed by atoms with Crippen LogP contribution in [0.1, 0.15) is 42.4 Å². The average molecular weight is 317 g/mol. The van der Waals surface area contributed by atoms with E-state index in [4.69, 9.17) is 9.84 Å². The van der Waals surface area contributed by atoms with Crippen LogP contribution in [0.3, 0.4) is 0 Å². The molecule has 5 heteroatoms. The molecule has 0 aliphatic carbocycles. The van der Waals surface area contributed by atoms with Gasteiger partial charge in [0.2, 0.25) is 0 Å². The van der Waals surface area contributed by atoms with Crippen LogP contribution < -0.4 is 10.1 Å². The van der Waals surface area contributed by atoms with Crippen LogP contribution in [0.2, 0.25) is 0 Å². The van der Waals surface area contributed by atoms with Crippen molar-refractivity contribution in [3.63, 3.8) is 0 Å². The van der Waals surface area contributed by atoms with Gasteiger partial charge in [-0.05, 0) is 33.8 Å². The molecule has 0 saturated carbocycles. The number of aliphatic hydroxyl groups excluding tert-OH is 1. The first-order valence-corrected chi connectivity index (χ1v) is 8.17. The van der Waals surface area contributed by atoms with Crippen molar-refractivity contribution in [3.8, 4) is 5.75 Å². The number of para-hydroxylation sites is 1. The van der Waals surface area contributed by atoms with Crippen molar-refractivity contribution in [3.05, 3.63) is 46.8 Å². The standard InChI is InChI=1S/C18H27N3O2/c1-5-21-15(4)18(14(3)20-21)13(2)19-12-16-8-6-7-9-17(16)23-11-10-22/h6-9,13,19,22H,5,10-12H2,1-4H3. The summed E-state index contributed by atoms with van der Waals surface area (Å²) in [6.07, 6.45) is 0. The van der Waals surface area contributed by atoms with Gasteiger partial charge in [-0.25, -0.2) is 0 Å². The van der Waals surface area contributed by atoms with Crippen molar-refractivity contribution in [2.75, 3.05) is 13.2 Å². The number of nitrogens with zero attached hydrogens (tertiary/aromatic N) is 2. The molecule has 23 heavy (non-hydrogen) atoms. The summed E-state index contributed by atoms with van der Waals surface area (Å²) in [7, 11) is 0. The number of aryl methyl sites for hydroxylation is 2. The van der Waals surface area contributed by atoms with Gasteiger partial charge in [0.25, 0.3) is 0 Å². The van der Waals surface area contributed by atoms with E-state index in [0.717, 1.165) is 23.6 Å². The Morgan fingerprint density at radius 3 is 2.70 bits per heavy atom. The molecule has 0 fully saturated rings. The highest BCUT2D eigenvalue weighted by atomic mass is 16.5. The predicted molar refractivity (Wildman–Crippen MR) is 91.7 cm³/mol. The molecule has 0 aliphatic heterocycles. The van der Waals surface area contributed by atoms with Gasteiger partial charge in [0.1, 0.15) is 12.4 Å². The number of nitrogens with one attached hydrogen (secondary N) is 1. The minimum absolute atomic E-state index is 0.0206. The van der Waals surface area contributed by atoms with Crippen molar-refractivity contribution in [2.45, 2.75) is 46.8 Å². The van der Waals surface area contributed by atoms with Crippen LogP contribution in [0.5, 0.6) is 5.75 Å². The van der Waals surface area contributed by atoms with E-state index in [-0.39, 0.29) is 12.6 Å². The molecular formula is C18H27N3O2. The molecule has 126 valence electrons. The normalized spacial score (nSPS) is 12.4. The molecule has 1 unspecified atom stereocenters. The van der Waals surface area contributed by atoms with Crippen LogP contribution in [0.4, 0.5) is 0 Å². The Morgan fingerprint density at radius 2 is 2.04 bits per heavy atom. The molecule has 2 aromatic rings. The van der Waals surface area contributed by atoms with Gasteiger partial charge in [-0.2, -0.15) is 5.10 Å². The third-order valence-corrected chi connectivity index (χ3v) is 4.09. The van der Waals surface area contributed by atoms with Gasteiger partial charge in [-0.1, -0.05) is 18.2 Å². The number of hydrogen-bond donors (Lipinski definition) is 2. The Balaban J connectivity index is 2.08. The maximum Gasteiger partial charge on any atom is 0.123 e. The lowest BCUT2D eigenvalue weighted by Crippen LogP contribution is -2.20. The van der Waals surface area contributed by atoms with E-state index >= 15 is 0 Å². The molecule has 5 nitrogen and oxygen atoms in total. The summed E-state index contributed by atoms with van der Waals surface area (Å²) in [5.41, 5.74) is 4.65. The summed E-state index contributed by atoms with van der Waals surface area (Å²) in [5.74, 6) is 0.818. The van der Waals surface area contributed by atoms with Crippen molar-refractivity contribution >= 4 is 0 Å². The van der Waals surface area contributed by atoms with Gasteiger partial charge in [0.15, 0.2) is 0 Å². The minimum Gasteiger partial charge on any atom is -0.491 e. The zero-order valence-corrected chi connectivity index (χ0v) is 14.5. The first-order chi connectivity index (χ1) is 11.1. The van der Waals surface area contributed by atoms with Crippen LogP contribution in [-0.2, 0) is 13.1 Å². The molecule has 0 amide bonds. The summed E-state index contributed by atoms with van der Waals surface area (Å²) in [4.78, 5) is 0. The van der Waals surface area contributed by atoms with Crippen LogP contribution >= 0.6 is 0 Å². The predicted octanol–water partition coefficient (Wildman–Crippen LogP) is 2.74. The zero-order valence-electron chi connectivity index (χ0n) is 14.5. The van der Waals surface area contributed by atoms with Gasteiger partial charge in [-0.3, -0.25) is 4.68 Å². The van der Waals surface area contributed by atoms with Crippen molar-refractivity contribution in [1.82, 2.24) is 15.1 Å². The Morgan fingerprint density at radius 1 is 1.30 bits per heavy atom. The molecule has 2 rings (SSSR count). The Hall–Kier alpha value is -1.85. The fourth-order valence-corrected chi connectivity index (χ4v) is 2.96. The Bertz CT molecular complexity index is 637. The summed E-state index contributed by atoms with van der Waals surface area (Å²) < 4.78 is 7.63. The van der Waals surface area contributed by atoms with Crippen LogP contribution in [0, 0.1) is 13.8 Å². The number of aliphatic hydroxyl groups is 1. The van der Waals surface area contributed by atoms with E-state index in [2.05, 4.69) is 38.1 Å². The zero-order chi connectivity index (χ0) is 16.8. The highest BCUT2D eigenvalue weighted by Gasteiger charge is 2.17. The summed E-state index contributed by atoms with van der Waals surface area (Å²) in [6, 6.07) is 8.13. The van der Waals surface area contributed by atoms with E-state index in [1.165, 1.54) is 11.3 Å². The minimum atomic E-state index is 0.0206. The number of hydrogen-bond acceptors (Lipinski definition) is 4. The monoisotopic (exact) mass is 317 g/mol. The SMILES string of the molecule is CCn1nc(C)c(C(C)NCc2ccccc2OCCO)c1C. The van der Waals surface area contributed by atoms with Crippen LogP contribution in [-0.4, -0.2) is 28.1 Å². The second kappa shape index (κ2) is 8.13. The largest absolute Gasteiger partial charge is 0.491 e. The van der Waals surface area contributed by atoms with Gasteiger partial charge in [0.05, 0.1) is 12.3 Å². The van der Waals surface area contributed by atoms with E-state index in [1.54, 1.807) is 0 Å². The molecule has 1 atom stereocenters. The van der Waals surface area contributed by atoms with E-state index in [9.17, 15) is 0 Å². The van der Waals surface area contributed by atoms with Crippen LogP contribution in [0.15, 0.2) is 24.3 Å². The van der Waals surface area contributed by atoms with E-state index in [1.807, 2.05) is 28.9 Å². The molecule has 0 bridgehead atoms. The molecule has 0 spiro atoms. The summed E-state index contributed by atoms with van der Waals surface area (Å²) in [5, 5.41) is 17.1. The number of benzene rings is 1. The van der Waals surface area contributed by atoms with E-state index in [0.29, 0.717) is 13.2 Å². The second-order valence-electron chi connectivity index (χ2n) is 5.68. The number of aromatic nitrogens is 2. The van der Waals surface area contributed by atoms with E-state index < -0.39 is 0 Å². The lowest BCUT2D eigenvalue weighted by molar-refractivity contribution is 0.200. The van der Waals surface area contributed by atoms with Crippen molar-refractivity contribution < 1.29 is 9.84 Å². The summed E-state index contributed by atoms with van der Waals surface area (Å²) in [6.45, 7) is 10.4. The Labute approximate surface area is 138 Å². The fraction of sp³-hybridized carbons (Fsp3) is 0.500. The number of rotatable bonds is 8. The average Bonchev–Trinajstić information content (AvgIpc) is 2.85. The molecule has 0 radical (unpaired) electrons. The smallest absolute Gasteiger partial charge is 0.123 e. The quantitative estimate of drug-likeness (QED) is 0.786. The highest BCUT2D eigenvalue weighted by Crippen LogP contribution is 2.23. The lowest BCUT2D eigenvalue weighted by Gasteiger charge is -2.17. The molecule has 1 heterocycles. The lowest BCUT2D eigenvalue weighted by atomic mass is 10.1. The molecular weight excluding hydrogens is 290 g/mol. The molecule has 0 saturated heterocycles. The first-order valence-electron chi connectivity index (χ1n) is 8.17. The Kier molecular flexibility index (Phi) is 6.19. The highest BCUT2D eigenvalue weighted by molar-refractivity contribution is 5.34. The molecule has 0 aliphatic rings. The van der Waals surface area contributed by atoms with Gasteiger partial charge in [-0.15, -0.1) is 0 Å². The third kappa shape index (κ3) is 4.12. The maximum atomic E-state index is 8.92. The maximum absolute atomic E-state index is 8.92. The molecule has 1 aromatic carbocycles. The van der Waals surface area contributed by atoms with Gasteiger partial charge in [0, 0.05) is 36.0 Å². The van der Waals surface area contributed by atoms with Gasteiger partial charge < -0.3 is 15.2 Å². The topological polar surface area (TPSA) is 59.3 Å². The fourth-order valence-electron chi connectivity index (χ4n) is 2.96. The summed E-state index contributed by atoms with van der Waals surface area (Å²) >= 11 is 0. The molecule has 2 N–H and O–H groups in total. The number of ether oxygens (including phenoxy) is 1. The van der Waals surface area contributed by atoms with Crippen LogP contribution in [0.25, 0.3) is 0 Å².